The predicted molar refractivity (Wildman–Crippen MR) is 98.6 cm³/mol. The first-order valence-corrected chi connectivity index (χ1v) is 9.46. The molecule has 1 aromatic carbocycles. The number of ether oxygens (including phenoxy) is 1. The normalized spacial score (nSPS) is 12.0. The number of hydrogen-bond acceptors (Lipinski definition) is 4. The second-order valence-corrected chi connectivity index (χ2v) is 6.96. The topological polar surface area (TPSA) is 69.4 Å². The summed E-state index contributed by atoms with van der Waals surface area (Å²) < 4.78 is 18.2. The summed E-state index contributed by atoms with van der Waals surface area (Å²) in [6, 6.07) is 3.97. The summed E-state index contributed by atoms with van der Waals surface area (Å²) in [6.07, 6.45) is 7.02. The predicted octanol–water partition coefficient (Wildman–Crippen LogP) is 5.99. The summed E-state index contributed by atoms with van der Waals surface area (Å²) in [4.78, 5) is 22.1. The molecule has 25 heavy (non-hydrogen) atoms. The molecule has 1 unspecified atom stereocenters. The number of benzene rings is 1. The largest absolute Gasteiger partial charge is 0.462 e. The third-order valence-electron chi connectivity index (χ3n) is 3.86. The molecule has 1 atom stereocenters. The van der Waals surface area contributed by atoms with E-state index in [4.69, 9.17) is 4.74 Å². The molecule has 0 bridgehead atoms. The second-order valence-electron chi connectivity index (χ2n) is 6.10. The van der Waals surface area contributed by atoms with E-state index in [0.717, 1.165) is 44.9 Å². The van der Waals surface area contributed by atoms with Gasteiger partial charge in [0.1, 0.15) is 0 Å². The number of rotatable bonds is 12. The Hall–Kier alpha value is -1.50. The van der Waals surface area contributed by atoms with Crippen molar-refractivity contribution < 1.29 is 18.8 Å². The van der Waals surface area contributed by atoms with E-state index in [-0.39, 0.29) is 11.3 Å². The van der Waals surface area contributed by atoms with Crippen LogP contribution in [0.15, 0.2) is 22.7 Å². The van der Waals surface area contributed by atoms with Crippen molar-refractivity contribution in [3.05, 3.63) is 38.3 Å². The summed E-state index contributed by atoms with van der Waals surface area (Å²) in [5, 5.41) is 10.7. The smallest absolute Gasteiger partial charge is 0.339 e. The average molecular weight is 418 g/mol. The molecule has 0 aromatic heterocycles. The summed E-state index contributed by atoms with van der Waals surface area (Å²) in [5.74, 6) is -0.484. The quantitative estimate of drug-likeness (QED) is 0.181. The van der Waals surface area contributed by atoms with E-state index >= 15 is 0 Å². The van der Waals surface area contributed by atoms with E-state index in [1.165, 1.54) is 18.2 Å². The van der Waals surface area contributed by atoms with Gasteiger partial charge in [-0.15, -0.1) is 0 Å². The number of non-ortho nitro benzene ring substituents is 1. The van der Waals surface area contributed by atoms with Crippen LogP contribution in [0, 0.1) is 10.1 Å². The van der Waals surface area contributed by atoms with Crippen LogP contribution in [0.1, 0.15) is 68.6 Å². The molecule has 0 amide bonds. The Kier molecular flexibility index (Phi) is 10.3. The Morgan fingerprint density at radius 2 is 1.80 bits per heavy atom. The van der Waals surface area contributed by atoms with Crippen molar-refractivity contribution >= 4 is 27.6 Å². The Labute approximate surface area is 156 Å². The fraction of sp³-hybridized carbons (Fsp3) is 0.611. The molecular weight excluding hydrogens is 393 g/mol. The van der Waals surface area contributed by atoms with Crippen LogP contribution in [-0.4, -0.2) is 23.7 Å². The fourth-order valence-corrected chi connectivity index (χ4v) is 2.97. The lowest BCUT2D eigenvalue weighted by atomic mass is 10.1. The molecule has 0 saturated heterocycles. The van der Waals surface area contributed by atoms with Crippen LogP contribution >= 0.6 is 15.9 Å². The lowest BCUT2D eigenvalue weighted by Gasteiger charge is -2.06. The van der Waals surface area contributed by atoms with Gasteiger partial charge in [-0.2, -0.15) is 0 Å². The van der Waals surface area contributed by atoms with E-state index in [9.17, 15) is 19.3 Å². The van der Waals surface area contributed by atoms with Crippen molar-refractivity contribution in [2.45, 2.75) is 64.5 Å². The van der Waals surface area contributed by atoms with Gasteiger partial charge in [-0.1, -0.05) is 38.5 Å². The second kappa shape index (κ2) is 12.0. The number of nitrogens with zero attached hydrogens (tertiary/aromatic N) is 1. The molecule has 5 nitrogen and oxygen atoms in total. The first-order chi connectivity index (χ1) is 11.9. The van der Waals surface area contributed by atoms with Gasteiger partial charge in [0.25, 0.3) is 5.69 Å². The van der Waals surface area contributed by atoms with Crippen LogP contribution in [0.5, 0.6) is 0 Å². The maximum absolute atomic E-state index is 12.6. The zero-order chi connectivity index (χ0) is 18.7. The van der Waals surface area contributed by atoms with Crippen molar-refractivity contribution in [1.29, 1.82) is 0 Å². The molecule has 7 heteroatoms. The van der Waals surface area contributed by atoms with Crippen LogP contribution in [0.3, 0.4) is 0 Å². The van der Waals surface area contributed by atoms with Gasteiger partial charge >= 0.3 is 5.97 Å². The fourth-order valence-electron chi connectivity index (χ4n) is 2.44. The average Bonchev–Trinajstić information content (AvgIpc) is 2.55. The highest BCUT2D eigenvalue weighted by atomic mass is 79.9. The van der Waals surface area contributed by atoms with E-state index in [0.29, 0.717) is 17.5 Å². The first-order valence-electron chi connectivity index (χ1n) is 8.67. The van der Waals surface area contributed by atoms with Gasteiger partial charge in [0.2, 0.25) is 0 Å². The van der Waals surface area contributed by atoms with Gasteiger partial charge in [-0.25, -0.2) is 9.18 Å². The summed E-state index contributed by atoms with van der Waals surface area (Å²) in [6.45, 7) is 1.93. The third kappa shape index (κ3) is 8.95. The van der Waals surface area contributed by atoms with E-state index < -0.39 is 17.1 Å². The summed E-state index contributed by atoms with van der Waals surface area (Å²) >= 11 is 3.16. The highest BCUT2D eigenvalue weighted by Gasteiger charge is 2.15. The van der Waals surface area contributed by atoms with Crippen LogP contribution in [0.4, 0.5) is 10.1 Å². The number of unbranched alkanes of at least 4 members (excludes halogenated alkanes) is 6. The van der Waals surface area contributed by atoms with Gasteiger partial charge in [0.15, 0.2) is 0 Å². The third-order valence-corrected chi connectivity index (χ3v) is 4.52. The van der Waals surface area contributed by atoms with Crippen molar-refractivity contribution in [2.24, 2.45) is 0 Å². The molecule has 140 valence electrons. The van der Waals surface area contributed by atoms with Crippen LogP contribution < -0.4 is 0 Å². The van der Waals surface area contributed by atoms with Crippen molar-refractivity contribution in [3.63, 3.8) is 0 Å². The van der Waals surface area contributed by atoms with Crippen LogP contribution in [0.2, 0.25) is 0 Å². The number of nitro benzene ring substituents is 1. The Balaban J connectivity index is 2.14. The molecule has 0 fully saturated rings. The molecular formula is C18H25BrFNO4. The number of nitro groups is 1. The Bertz CT molecular complexity index is 566. The first kappa shape index (κ1) is 21.5. The summed E-state index contributed by atoms with van der Waals surface area (Å²) in [5.41, 5.74) is 0.206. The Morgan fingerprint density at radius 3 is 2.36 bits per heavy atom. The molecule has 0 spiro atoms. The standard InChI is InChI=1S/C18H25BrFNO4/c1-14(20)9-7-5-3-2-4-6-8-12-25-18(22)16-11-10-15(21(23)24)13-17(16)19/h10-11,13-14H,2-9,12H2,1H3. The Morgan fingerprint density at radius 1 is 1.20 bits per heavy atom. The molecule has 0 aliphatic heterocycles. The molecule has 0 radical (unpaired) electrons. The van der Waals surface area contributed by atoms with Crippen molar-refractivity contribution in [3.8, 4) is 0 Å². The molecule has 0 aliphatic carbocycles. The number of carbonyl (C=O) groups excluding carboxylic acids is 1. The molecule has 1 aromatic rings. The van der Waals surface area contributed by atoms with E-state index in [1.807, 2.05) is 0 Å². The number of hydrogen-bond donors (Lipinski definition) is 0. The van der Waals surface area contributed by atoms with E-state index in [2.05, 4.69) is 15.9 Å². The molecule has 0 heterocycles. The lowest BCUT2D eigenvalue weighted by molar-refractivity contribution is -0.384. The van der Waals surface area contributed by atoms with Gasteiger partial charge < -0.3 is 4.74 Å². The number of halogens is 2. The maximum atomic E-state index is 12.6. The number of alkyl halides is 1. The van der Waals surface area contributed by atoms with Crippen molar-refractivity contribution in [1.82, 2.24) is 0 Å². The van der Waals surface area contributed by atoms with E-state index in [1.54, 1.807) is 6.92 Å². The van der Waals surface area contributed by atoms with Gasteiger partial charge in [-0.3, -0.25) is 10.1 Å². The maximum Gasteiger partial charge on any atom is 0.339 e. The van der Waals surface area contributed by atoms with Crippen molar-refractivity contribution in [2.75, 3.05) is 6.61 Å². The number of carbonyl (C=O) groups is 1. The SMILES string of the molecule is CC(F)CCCCCCCCCOC(=O)c1ccc([N+](=O)[O-])cc1Br. The van der Waals surface area contributed by atoms with Gasteiger partial charge in [-0.05, 0) is 41.8 Å². The minimum absolute atomic E-state index is 0.0793. The monoisotopic (exact) mass is 417 g/mol. The molecule has 1 rings (SSSR count). The minimum atomic E-state index is -0.703. The minimum Gasteiger partial charge on any atom is -0.462 e. The zero-order valence-corrected chi connectivity index (χ0v) is 16.1. The summed E-state index contributed by atoms with van der Waals surface area (Å²) in [7, 11) is 0. The number of esters is 1. The molecule has 0 aliphatic rings. The van der Waals surface area contributed by atoms with Gasteiger partial charge in [0, 0.05) is 16.6 Å². The lowest BCUT2D eigenvalue weighted by Crippen LogP contribution is -2.07. The molecule has 0 N–H and O–H groups in total. The highest BCUT2D eigenvalue weighted by molar-refractivity contribution is 9.10. The molecule has 0 saturated carbocycles. The van der Waals surface area contributed by atoms with Crippen LogP contribution in [0.25, 0.3) is 0 Å². The highest BCUT2D eigenvalue weighted by Crippen LogP contribution is 2.23. The zero-order valence-electron chi connectivity index (χ0n) is 14.5. The van der Waals surface area contributed by atoms with Gasteiger partial charge in [0.05, 0.1) is 23.3 Å². The van der Waals surface area contributed by atoms with Crippen LogP contribution in [-0.2, 0) is 4.74 Å².